The monoisotopic (exact) mass is 256 g/mol. The molecule has 2 rings (SSSR count). The molecule has 1 heterocycles. The first-order valence-corrected chi connectivity index (χ1v) is 8.08. The lowest BCUT2D eigenvalue weighted by Gasteiger charge is -2.42. The second kappa shape index (κ2) is 5.50. The Bertz CT molecular complexity index is 251. The zero-order valence-corrected chi connectivity index (χ0v) is 12.6. The van der Waals surface area contributed by atoms with E-state index in [-0.39, 0.29) is 0 Å². The zero-order chi connectivity index (χ0) is 12.5. The minimum Gasteiger partial charge on any atom is -0.314 e. The Morgan fingerprint density at radius 2 is 2.06 bits per heavy atom. The first kappa shape index (κ1) is 13.7. The molecule has 100 valence electrons. The molecule has 1 saturated carbocycles. The molecule has 1 aliphatic heterocycles. The molecule has 0 aromatic heterocycles. The van der Waals surface area contributed by atoms with Gasteiger partial charge in [-0.2, -0.15) is 11.8 Å². The average Bonchev–Trinajstić information content (AvgIpc) is 3.07. The number of nitrogens with one attached hydrogen (secondary N) is 1. The summed E-state index contributed by atoms with van der Waals surface area (Å²) in [4.78, 5) is 2.69. The van der Waals surface area contributed by atoms with Crippen molar-refractivity contribution in [3.8, 4) is 0 Å². The fourth-order valence-electron chi connectivity index (χ4n) is 2.57. The van der Waals surface area contributed by atoms with Crippen LogP contribution in [0.15, 0.2) is 0 Å². The first-order valence-electron chi connectivity index (χ1n) is 7.09. The highest BCUT2D eigenvalue weighted by atomic mass is 32.2. The predicted molar refractivity (Wildman–Crippen MR) is 77.8 cm³/mol. The van der Waals surface area contributed by atoms with Gasteiger partial charge in [-0.1, -0.05) is 6.92 Å². The molecule has 2 fully saturated rings. The van der Waals surface area contributed by atoms with Gasteiger partial charge in [-0.15, -0.1) is 0 Å². The second-order valence-corrected chi connectivity index (χ2v) is 8.28. The maximum atomic E-state index is 3.67. The van der Waals surface area contributed by atoms with Crippen molar-refractivity contribution in [2.75, 3.05) is 25.4 Å². The van der Waals surface area contributed by atoms with E-state index in [1.54, 1.807) is 0 Å². The molecular formula is C14H28N2S. The zero-order valence-electron chi connectivity index (χ0n) is 11.8. The summed E-state index contributed by atoms with van der Waals surface area (Å²) in [5.41, 5.74) is 0. The Morgan fingerprint density at radius 1 is 1.35 bits per heavy atom. The van der Waals surface area contributed by atoms with Gasteiger partial charge >= 0.3 is 0 Å². The van der Waals surface area contributed by atoms with Gasteiger partial charge in [0.25, 0.3) is 0 Å². The molecule has 2 unspecified atom stereocenters. The van der Waals surface area contributed by atoms with Gasteiger partial charge in [0.1, 0.15) is 0 Å². The molecule has 3 heteroatoms. The van der Waals surface area contributed by atoms with E-state index in [0.29, 0.717) is 10.8 Å². The van der Waals surface area contributed by atoms with Gasteiger partial charge in [0.2, 0.25) is 0 Å². The number of rotatable bonds is 5. The fraction of sp³-hybridized carbons (Fsp3) is 1.00. The van der Waals surface area contributed by atoms with Gasteiger partial charge in [-0.3, -0.25) is 4.90 Å². The van der Waals surface area contributed by atoms with E-state index in [1.165, 1.54) is 38.2 Å². The molecule has 2 nitrogen and oxygen atoms in total. The third kappa shape index (κ3) is 4.15. The van der Waals surface area contributed by atoms with Crippen molar-refractivity contribution in [1.82, 2.24) is 10.2 Å². The maximum absolute atomic E-state index is 3.67. The molecule has 2 atom stereocenters. The molecule has 2 aliphatic rings. The van der Waals surface area contributed by atoms with Crippen LogP contribution in [0.2, 0.25) is 0 Å². The minimum absolute atomic E-state index is 0.441. The van der Waals surface area contributed by atoms with Crippen molar-refractivity contribution in [2.45, 2.75) is 57.4 Å². The summed E-state index contributed by atoms with van der Waals surface area (Å²) >= 11 is 2.12. The van der Waals surface area contributed by atoms with E-state index < -0.39 is 0 Å². The largest absolute Gasteiger partial charge is 0.314 e. The highest BCUT2D eigenvalue weighted by Crippen LogP contribution is 2.31. The van der Waals surface area contributed by atoms with E-state index in [2.05, 4.69) is 49.7 Å². The number of hydrogen-bond donors (Lipinski definition) is 1. The summed E-state index contributed by atoms with van der Waals surface area (Å²) < 4.78 is 0.441. The summed E-state index contributed by atoms with van der Waals surface area (Å²) in [7, 11) is 0. The summed E-state index contributed by atoms with van der Waals surface area (Å²) in [6.45, 7) is 13.3. The van der Waals surface area contributed by atoms with E-state index in [9.17, 15) is 0 Å². The highest BCUT2D eigenvalue weighted by molar-refractivity contribution is 8.00. The normalized spacial score (nSPS) is 28.9. The quantitative estimate of drug-likeness (QED) is 0.814. The Kier molecular flexibility index (Phi) is 4.43. The Morgan fingerprint density at radius 3 is 2.65 bits per heavy atom. The van der Waals surface area contributed by atoms with E-state index in [1.807, 2.05) is 0 Å². The van der Waals surface area contributed by atoms with Crippen molar-refractivity contribution >= 4 is 11.8 Å². The molecule has 1 N–H and O–H groups in total. The van der Waals surface area contributed by atoms with Crippen molar-refractivity contribution < 1.29 is 0 Å². The third-order valence-electron chi connectivity index (χ3n) is 4.16. The molecule has 17 heavy (non-hydrogen) atoms. The highest BCUT2D eigenvalue weighted by Gasteiger charge is 2.31. The van der Waals surface area contributed by atoms with Gasteiger partial charge in [0.15, 0.2) is 0 Å². The van der Waals surface area contributed by atoms with Gasteiger partial charge in [-0.25, -0.2) is 0 Å². The van der Waals surface area contributed by atoms with Gasteiger partial charge < -0.3 is 5.32 Å². The van der Waals surface area contributed by atoms with Gasteiger partial charge in [0.05, 0.1) is 0 Å². The van der Waals surface area contributed by atoms with Crippen LogP contribution in [-0.2, 0) is 0 Å². The molecule has 0 bridgehead atoms. The topological polar surface area (TPSA) is 15.3 Å². The van der Waals surface area contributed by atoms with Crippen molar-refractivity contribution in [2.24, 2.45) is 5.92 Å². The van der Waals surface area contributed by atoms with Gasteiger partial charge in [-0.05, 0) is 46.1 Å². The molecule has 0 spiro atoms. The van der Waals surface area contributed by atoms with Crippen LogP contribution in [0.4, 0.5) is 0 Å². The van der Waals surface area contributed by atoms with Crippen LogP contribution in [0.25, 0.3) is 0 Å². The van der Waals surface area contributed by atoms with Crippen LogP contribution < -0.4 is 5.32 Å². The Labute approximate surface area is 111 Å². The number of hydrogen-bond acceptors (Lipinski definition) is 3. The van der Waals surface area contributed by atoms with E-state index in [4.69, 9.17) is 0 Å². The second-order valence-electron chi connectivity index (χ2n) is 6.48. The lowest BCUT2D eigenvalue weighted by molar-refractivity contribution is 0.152. The van der Waals surface area contributed by atoms with Crippen molar-refractivity contribution in [3.63, 3.8) is 0 Å². The fourth-order valence-corrected chi connectivity index (χ4v) is 3.71. The van der Waals surface area contributed by atoms with Crippen LogP contribution in [0, 0.1) is 5.92 Å². The summed E-state index contributed by atoms with van der Waals surface area (Å²) in [5.74, 6) is 2.05. The molecule has 0 aromatic carbocycles. The SMILES string of the molecule is CC(CNC1CC1)C(C)N1CCSC(C)(C)C1. The van der Waals surface area contributed by atoms with Gasteiger partial charge in [0, 0.05) is 35.7 Å². The maximum Gasteiger partial charge on any atom is 0.0231 e. The number of thioether (sulfide) groups is 1. The molecule has 1 saturated heterocycles. The Balaban J connectivity index is 1.78. The molecule has 1 aliphatic carbocycles. The lowest BCUT2D eigenvalue weighted by Crippen LogP contribution is -2.50. The van der Waals surface area contributed by atoms with Crippen LogP contribution >= 0.6 is 11.8 Å². The van der Waals surface area contributed by atoms with Crippen LogP contribution in [-0.4, -0.2) is 47.1 Å². The standard InChI is InChI=1S/C14H28N2S/c1-11(9-15-13-5-6-13)12(2)16-7-8-17-14(3,4)10-16/h11-13,15H,5-10H2,1-4H3. The first-order chi connectivity index (χ1) is 7.98. The molecular weight excluding hydrogens is 228 g/mol. The van der Waals surface area contributed by atoms with Crippen LogP contribution in [0.3, 0.4) is 0 Å². The molecule has 0 amide bonds. The summed E-state index contributed by atoms with van der Waals surface area (Å²) in [6.07, 6.45) is 2.79. The molecule has 0 radical (unpaired) electrons. The summed E-state index contributed by atoms with van der Waals surface area (Å²) in [5, 5.41) is 3.67. The molecule has 0 aromatic rings. The van der Waals surface area contributed by atoms with Crippen LogP contribution in [0.1, 0.15) is 40.5 Å². The predicted octanol–water partition coefficient (Wildman–Crippen LogP) is 2.59. The third-order valence-corrected chi connectivity index (χ3v) is 5.46. The van der Waals surface area contributed by atoms with Crippen LogP contribution in [0.5, 0.6) is 0 Å². The van der Waals surface area contributed by atoms with E-state index in [0.717, 1.165) is 12.0 Å². The van der Waals surface area contributed by atoms with E-state index >= 15 is 0 Å². The van der Waals surface area contributed by atoms with Crippen molar-refractivity contribution in [1.29, 1.82) is 0 Å². The number of nitrogens with zero attached hydrogens (tertiary/aromatic N) is 1. The van der Waals surface area contributed by atoms with Crippen molar-refractivity contribution in [3.05, 3.63) is 0 Å². The summed E-state index contributed by atoms with van der Waals surface area (Å²) in [6, 6.07) is 1.56. The smallest absolute Gasteiger partial charge is 0.0231 e. The lowest BCUT2D eigenvalue weighted by atomic mass is 10.0. The Hall–Kier alpha value is 0.270. The average molecular weight is 256 g/mol. The minimum atomic E-state index is 0.441.